The van der Waals surface area contributed by atoms with Crippen LogP contribution in [-0.2, 0) is 4.79 Å². The molecule has 0 radical (unpaired) electrons. The molecule has 0 heterocycles. The maximum atomic E-state index is 11.6. The normalized spacial score (nSPS) is 14.3. The van der Waals surface area contributed by atoms with Gasteiger partial charge in [0.25, 0.3) is 0 Å². The van der Waals surface area contributed by atoms with Gasteiger partial charge in [0, 0.05) is 12.7 Å². The number of likely N-dealkylation sites (N-methyl/N-ethyl adjacent to an activating group) is 1. The summed E-state index contributed by atoms with van der Waals surface area (Å²) in [5, 5.41) is 9.54. The van der Waals surface area contributed by atoms with Gasteiger partial charge in [-0.05, 0) is 43.9 Å². The summed E-state index contributed by atoms with van der Waals surface area (Å²) in [5.74, 6) is -0.446. The number of carbonyl (C=O) groups is 1. The van der Waals surface area contributed by atoms with Crippen LogP contribution < -0.4 is 4.90 Å². The number of hydrogen-bond donors (Lipinski definition) is 1. The minimum Gasteiger partial charge on any atom is -0.480 e. The Morgan fingerprint density at radius 2 is 2.06 bits per heavy atom. The maximum Gasteiger partial charge on any atom is 0.329 e. The number of rotatable bonds is 5. The Kier molecular flexibility index (Phi) is 4.38. The number of carboxylic acid groups (broad SMARTS) is 1. The standard InChI is InChI=1S/C15H23NO2/c1-11(2)10-15(4,14(17)18)16(5)13-8-6-7-12(3)9-13/h6-9,11H,10H2,1-5H3,(H,17,18). The van der Waals surface area contributed by atoms with Crippen molar-refractivity contribution in [2.24, 2.45) is 5.92 Å². The first-order valence-corrected chi connectivity index (χ1v) is 6.31. The minimum atomic E-state index is -0.873. The number of hydrogen-bond acceptors (Lipinski definition) is 2. The van der Waals surface area contributed by atoms with E-state index >= 15 is 0 Å². The van der Waals surface area contributed by atoms with Crippen LogP contribution in [0, 0.1) is 12.8 Å². The summed E-state index contributed by atoms with van der Waals surface area (Å²) in [7, 11) is 1.85. The number of anilines is 1. The average Bonchev–Trinajstić information content (AvgIpc) is 2.26. The lowest BCUT2D eigenvalue weighted by atomic mass is 9.89. The van der Waals surface area contributed by atoms with E-state index in [1.54, 1.807) is 6.92 Å². The third-order valence-electron chi connectivity index (χ3n) is 3.40. The molecule has 1 aromatic rings. The minimum absolute atomic E-state index is 0.332. The Morgan fingerprint density at radius 1 is 1.44 bits per heavy atom. The van der Waals surface area contributed by atoms with E-state index in [-0.39, 0.29) is 0 Å². The van der Waals surface area contributed by atoms with Crippen LogP contribution in [0.15, 0.2) is 24.3 Å². The van der Waals surface area contributed by atoms with E-state index in [0.29, 0.717) is 12.3 Å². The van der Waals surface area contributed by atoms with Crippen molar-refractivity contribution in [2.45, 2.75) is 39.7 Å². The van der Waals surface area contributed by atoms with Crippen LogP contribution in [0.4, 0.5) is 5.69 Å². The second-order valence-electron chi connectivity index (χ2n) is 5.57. The SMILES string of the molecule is Cc1cccc(N(C)C(C)(CC(C)C)C(=O)O)c1. The predicted octanol–water partition coefficient (Wildman–Crippen LogP) is 3.32. The second-order valence-corrected chi connectivity index (χ2v) is 5.57. The van der Waals surface area contributed by atoms with Crippen molar-refractivity contribution in [2.75, 3.05) is 11.9 Å². The summed E-state index contributed by atoms with van der Waals surface area (Å²) < 4.78 is 0. The molecule has 0 aliphatic carbocycles. The third kappa shape index (κ3) is 3.03. The third-order valence-corrected chi connectivity index (χ3v) is 3.40. The fraction of sp³-hybridized carbons (Fsp3) is 0.533. The van der Waals surface area contributed by atoms with E-state index in [4.69, 9.17) is 0 Å². The molecule has 3 nitrogen and oxygen atoms in total. The van der Waals surface area contributed by atoms with Gasteiger partial charge in [0.05, 0.1) is 0 Å². The largest absolute Gasteiger partial charge is 0.480 e. The Balaban J connectivity index is 3.10. The van der Waals surface area contributed by atoms with E-state index in [1.807, 2.05) is 57.0 Å². The number of aryl methyl sites for hydroxylation is 1. The first-order chi connectivity index (χ1) is 8.27. The smallest absolute Gasteiger partial charge is 0.329 e. The van der Waals surface area contributed by atoms with Crippen molar-refractivity contribution >= 4 is 11.7 Å². The van der Waals surface area contributed by atoms with Crippen LogP contribution >= 0.6 is 0 Å². The highest BCUT2D eigenvalue weighted by Gasteiger charge is 2.38. The Morgan fingerprint density at radius 3 is 2.50 bits per heavy atom. The number of aliphatic carboxylic acids is 1. The first-order valence-electron chi connectivity index (χ1n) is 6.31. The van der Waals surface area contributed by atoms with Crippen molar-refractivity contribution in [3.63, 3.8) is 0 Å². The van der Waals surface area contributed by atoms with Crippen molar-refractivity contribution < 1.29 is 9.90 Å². The van der Waals surface area contributed by atoms with Crippen molar-refractivity contribution in [3.05, 3.63) is 29.8 Å². The van der Waals surface area contributed by atoms with Crippen LogP contribution in [0.1, 0.15) is 32.8 Å². The van der Waals surface area contributed by atoms with Gasteiger partial charge in [0.2, 0.25) is 0 Å². The van der Waals surface area contributed by atoms with Gasteiger partial charge in [-0.2, -0.15) is 0 Å². The van der Waals surface area contributed by atoms with E-state index < -0.39 is 11.5 Å². The van der Waals surface area contributed by atoms with Crippen LogP contribution in [0.3, 0.4) is 0 Å². The average molecular weight is 249 g/mol. The fourth-order valence-electron chi connectivity index (χ4n) is 2.28. The molecule has 18 heavy (non-hydrogen) atoms. The Labute approximate surface area is 109 Å². The molecule has 1 atom stereocenters. The fourth-order valence-corrected chi connectivity index (χ4v) is 2.28. The van der Waals surface area contributed by atoms with Gasteiger partial charge in [0.1, 0.15) is 5.54 Å². The molecule has 1 aromatic carbocycles. The molecule has 100 valence electrons. The number of benzene rings is 1. The van der Waals surface area contributed by atoms with Crippen LogP contribution in [0.2, 0.25) is 0 Å². The molecule has 3 heteroatoms. The van der Waals surface area contributed by atoms with Gasteiger partial charge in [-0.25, -0.2) is 4.79 Å². The lowest BCUT2D eigenvalue weighted by Crippen LogP contribution is -2.51. The summed E-state index contributed by atoms with van der Waals surface area (Å²) >= 11 is 0. The van der Waals surface area contributed by atoms with Crippen LogP contribution in [0.25, 0.3) is 0 Å². The van der Waals surface area contributed by atoms with Gasteiger partial charge in [-0.3, -0.25) is 0 Å². The number of carboxylic acids is 1. The molecule has 0 aromatic heterocycles. The Hall–Kier alpha value is -1.51. The lowest BCUT2D eigenvalue weighted by Gasteiger charge is -2.38. The van der Waals surface area contributed by atoms with E-state index in [2.05, 4.69) is 0 Å². The predicted molar refractivity (Wildman–Crippen MR) is 75.1 cm³/mol. The highest BCUT2D eigenvalue weighted by atomic mass is 16.4. The van der Waals surface area contributed by atoms with Gasteiger partial charge >= 0.3 is 5.97 Å². The molecule has 1 unspecified atom stereocenters. The highest BCUT2D eigenvalue weighted by molar-refractivity contribution is 5.83. The summed E-state index contributed by atoms with van der Waals surface area (Å²) in [6, 6.07) is 7.94. The quantitative estimate of drug-likeness (QED) is 0.870. The molecule has 0 fully saturated rings. The maximum absolute atomic E-state index is 11.6. The van der Waals surface area contributed by atoms with Crippen LogP contribution in [0.5, 0.6) is 0 Å². The molecular weight excluding hydrogens is 226 g/mol. The molecule has 0 saturated heterocycles. The monoisotopic (exact) mass is 249 g/mol. The zero-order valence-electron chi connectivity index (χ0n) is 11.9. The molecule has 0 bridgehead atoms. The van der Waals surface area contributed by atoms with Gasteiger partial charge in [-0.1, -0.05) is 26.0 Å². The van der Waals surface area contributed by atoms with E-state index in [1.165, 1.54) is 0 Å². The topological polar surface area (TPSA) is 40.5 Å². The van der Waals surface area contributed by atoms with Crippen molar-refractivity contribution in [3.8, 4) is 0 Å². The van der Waals surface area contributed by atoms with E-state index in [0.717, 1.165) is 11.3 Å². The molecular formula is C15H23NO2. The second kappa shape index (κ2) is 5.42. The molecule has 0 aliphatic heterocycles. The summed E-state index contributed by atoms with van der Waals surface area (Å²) in [4.78, 5) is 13.5. The highest BCUT2D eigenvalue weighted by Crippen LogP contribution is 2.29. The summed E-state index contributed by atoms with van der Waals surface area (Å²) in [5.41, 5.74) is 1.21. The zero-order valence-corrected chi connectivity index (χ0v) is 11.9. The number of nitrogens with zero attached hydrogens (tertiary/aromatic N) is 1. The molecule has 0 spiro atoms. The van der Waals surface area contributed by atoms with Crippen LogP contribution in [-0.4, -0.2) is 23.7 Å². The molecule has 0 amide bonds. The summed E-state index contributed by atoms with van der Waals surface area (Å²) in [6.07, 6.45) is 0.618. The van der Waals surface area contributed by atoms with Crippen molar-refractivity contribution in [1.29, 1.82) is 0 Å². The molecule has 1 rings (SSSR count). The van der Waals surface area contributed by atoms with E-state index in [9.17, 15) is 9.90 Å². The lowest BCUT2D eigenvalue weighted by molar-refractivity contribution is -0.143. The first kappa shape index (κ1) is 14.6. The molecule has 0 aliphatic rings. The van der Waals surface area contributed by atoms with Gasteiger partial charge < -0.3 is 10.0 Å². The molecule has 0 saturated carbocycles. The Bertz CT molecular complexity index is 428. The molecule has 1 N–H and O–H groups in total. The van der Waals surface area contributed by atoms with Crippen molar-refractivity contribution in [1.82, 2.24) is 0 Å². The zero-order chi connectivity index (χ0) is 13.9. The summed E-state index contributed by atoms with van der Waals surface area (Å²) in [6.45, 7) is 7.89. The van der Waals surface area contributed by atoms with Gasteiger partial charge in [0.15, 0.2) is 0 Å². The van der Waals surface area contributed by atoms with Gasteiger partial charge in [-0.15, -0.1) is 0 Å².